The van der Waals surface area contributed by atoms with E-state index in [9.17, 15) is 9.59 Å². The van der Waals surface area contributed by atoms with Crippen LogP contribution in [0.4, 0.5) is 11.4 Å². The van der Waals surface area contributed by atoms with Crippen LogP contribution >= 0.6 is 0 Å². The number of amides is 2. The largest absolute Gasteiger partial charge is 0.495 e. The van der Waals surface area contributed by atoms with Crippen molar-refractivity contribution >= 4 is 23.2 Å². The smallest absolute Gasteiger partial charge is 0.255 e. The Morgan fingerprint density at radius 3 is 2.44 bits per heavy atom. The van der Waals surface area contributed by atoms with Crippen molar-refractivity contribution in [2.24, 2.45) is 5.92 Å². The molecule has 2 amide bonds. The van der Waals surface area contributed by atoms with E-state index in [0.717, 1.165) is 31.2 Å². The van der Waals surface area contributed by atoms with Gasteiger partial charge in [-0.05, 0) is 48.7 Å². The molecule has 27 heavy (non-hydrogen) atoms. The highest BCUT2D eigenvalue weighted by molar-refractivity contribution is 6.04. The van der Waals surface area contributed by atoms with Crippen molar-refractivity contribution in [1.82, 2.24) is 5.32 Å². The summed E-state index contributed by atoms with van der Waals surface area (Å²) in [5, 5.41) is 5.79. The molecule has 2 aromatic carbocycles. The number of carbonyl (C=O) groups excluding carboxylic acids is 2. The van der Waals surface area contributed by atoms with Crippen molar-refractivity contribution in [1.29, 1.82) is 0 Å². The van der Waals surface area contributed by atoms with E-state index in [1.54, 1.807) is 37.4 Å². The first-order chi connectivity index (χ1) is 13.1. The highest BCUT2D eigenvalue weighted by atomic mass is 16.5. The zero-order valence-corrected chi connectivity index (χ0v) is 15.5. The summed E-state index contributed by atoms with van der Waals surface area (Å²) >= 11 is 0. The van der Waals surface area contributed by atoms with Gasteiger partial charge in [0, 0.05) is 23.7 Å². The molecule has 6 heteroatoms. The van der Waals surface area contributed by atoms with Crippen LogP contribution in [-0.2, 0) is 11.3 Å². The third-order valence-corrected chi connectivity index (χ3v) is 4.90. The first-order valence-electron chi connectivity index (χ1n) is 9.18. The van der Waals surface area contributed by atoms with E-state index in [2.05, 4.69) is 10.6 Å². The van der Waals surface area contributed by atoms with Crippen LogP contribution in [0.25, 0.3) is 0 Å². The van der Waals surface area contributed by atoms with Gasteiger partial charge in [0.1, 0.15) is 5.75 Å². The minimum atomic E-state index is -0.221. The average molecular weight is 367 g/mol. The predicted octanol–water partition coefficient (Wildman–Crippen LogP) is 3.34. The molecule has 0 aromatic heterocycles. The molecule has 3 rings (SSSR count). The molecule has 0 saturated heterocycles. The summed E-state index contributed by atoms with van der Waals surface area (Å²) < 4.78 is 5.11. The first kappa shape index (κ1) is 18.8. The minimum absolute atomic E-state index is 0.131. The van der Waals surface area contributed by atoms with Crippen molar-refractivity contribution in [3.05, 3.63) is 53.6 Å². The van der Waals surface area contributed by atoms with Crippen molar-refractivity contribution < 1.29 is 14.3 Å². The van der Waals surface area contributed by atoms with E-state index in [0.29, 0.717) is 29.2 Å². The van der Waals surface area contributed by atoms with Gasteiger partial charge in [-0.25, -0.2) is 0 Å². The molecule has 0 bridgehead atoms. The lowest BCUT2D eigenvalue weighted by atomic mass is 10.1. The zero-order valence-electron chi connectivity index (χ0n) is 15.5. The SMILES string of the molecule is COc1ccc(NC(=O)c2ccc(CNC(=O)C3CCCC3)cc2)cc1N. The summed E-state index contributed by atoms with van der Waals surface area (Å²) in [6.07, 6.45) is 4.26. The summed E-state index contributed by atoms with van der Waals surface area (Å²) in [6, 6.07) is 12.3. The summed E-state index contributed by atoms with van der Waals surface area (Å²) in [6.45, 7) is 0.478. The molecule has 0 aliphatic heterocycles. The fourth-order valence-electron chi connectivity index (χ4n) is 3.31. The number of hydrogen-bond acceptors (Lipinski definition) is 4. The van der Waals surface area contributed by atoms with Crippen LogP contribution < -0.4 is 21.1 Å². The van der Waals surface area contributed by atoms with E-state index >= 15 is 0 Å². The lowest BCUT2D eigenvalue weighted by molar-refractivity contribution is -0.124. The van der Waals surface area contributed by atoms with Gasteiger partial charge in [0.15, 0.2) is 0 Å². The van der Waals surface area contributed by atoms with Gasteiger partial charge in [-0.15, -0.1) is 0 Å². The van der Waals surface area contributed by atoms with Gasteiger partial charge in [-0.2, -0.15) is 0 Å². The molecule has 0 heterocycles. The van der Waals surface area contributed by atoms with E-state index in [4.69, 9.17) is 10.5 Å². The topological polar surface area (TPSA) is 93.5 Å². The van der Waals surface area contributed by atoms with Crippen LogP contribution in [-0.4, -0.2) is 18.9 Å². The van der Waals surface area contributed by atoms with Crippen LogP contribution in [0.5, 0.6) is 5.75 Å². The highest BCUT2D eigenvalue weighted by Crippen LogP contribution is 2.25. The van der Waals surface area contributed by atoms with Crippen LogP contribution in [0.15, 0.2) is 42.5 Å². The summed E-state index contributed by atoms with van der Waals surface area (Å²) in [4.78, 5) is 24.5. The Labute approximate surface area is 159 Å². The van der Waals surface area contributed by atoms with E-state index < -0.39 is 0 Å². The van der Waals surface area contributed by atoms with Gasteiger partial charge in [0.2, 0.25) is 5.91 Å². The molecule has 0 spiro atoms. The quantitative estimate of drug-likeness (QED) is 0.683. The normalized spacial score (nSPS) is 14.0. The maximum absolute atomic E-state index is 12.4. The zero-order chi connectivity index (χ0) is 19.2. The molecule has 4 N–H and O–H groups in total. The number of nitrogens with two attached hydrogens (primary N) is 1. The standard InChI is InChI=1S/C21H25N3O3/c1-27-19-11-10-17(12-18(19)22)24-21(26)16-8-6-14(7-9-16)13-23-20(25)15-4-2-3-5-15/h6-12,15H,2-5,13,22H2,1H3,(H,23,25)(H,24,26). The molecule has 1 fully saturated rings. The molecule has 0 unspecified atom stereocenters. The van der Waals surface area contributed by atoms with Gasteiger partial charge in [-0.1, -0.05) is 25.0 Å². The van der Waals surface area contributed by atoms with Crippen molar-refractivity contribution in [3.63, 3.8) is 0 Å². The van der Waals surface area contributed by atoms with Gasteiger partial charge >= 0.3 is 0 Å². The average Bonchev–Trinajstić information content (AvgIpc) is 3.21. The molecule has 2 aromatic rings. The number of nitrogens with one attached hydrogen (secondary N) is 2. The van der Waals surface area contributed by atoms with Crippen LogP contribution in [0.2, 0.25) is 0 Å². The Balaban J connectivity index is 1.55. The lowest BCUT2D eigenvalue weighted by Gasteiger charge is -2.11. The van der Waals surface area contributed by atoms with Gasteiger partial charge < -0.3 is 21.1 Å². The second kappa shape index (κ2) is 8.58. The van der Waals surface area contributed by atoms with Gasteiger partial charge in [-0.3, -0.25) is 9.59 Å². The number of carbonyl (C=O) groups is 2. The first-order valence-corrected chi connectivity index (χ1v) is 9.18. The van der Waals surface area contributed by atoms with Crippen molar-refractivity contribution in [2.75, 3.05) is 18.2 Å². The van der Waals surface area contributed by atoms with Crippen LogP contribution in [0, 0.1) is 5.92 Å². The maximum Gasteiger partial charge on any atom is 0.255 e. The molecule has 0 radical (unpaired) electrons. The van der Waals surface area contributed by atoms with Crippen molar-refractivity contribution in [3.8, 4) is 5.75 Å². The predicted molar refractivity (Wildman–Crippen MR) is 106 cm³/mol. The monoisotopic (exact) mass is 367 g/mol. The van der Waals surface area contributed by atoms with Gasteiger partial charge in [0.05, 0.1) is 12.8 Å². The Bertz CT molecular complexity index is 812. The molecule has 0 atom stereocenters. The number of rotatable bonds is 6. The molecule has 1 saturated carbocycles. The Morgan fingerprint density at radius 1 is 1.11 bits per heavy atom. The lowest BCUT2D eigenvalue weighted by Crippen LogP contribution is -2.28. The minimum Gasteiger partial charge on any atom is -0.495 e. The Morgan fingerprint density at radius 2 is 1.81 bits per heavy atom. The number of anilines is 2. The molecule has 1 aliphatic rings. The summed E-state index contributed by atoms with van der Waals surface area (Å²) in [5.41, 5.74) is 8.42. The Hall–Kier alpha value is -3.02. The summed E-state index contributed by atoms with van der Waals surface area (Å²) in [7, 11) is 1.54. The number of hydrogen-bond donors (Lipinski definition) is 3. The fraction of sp³-hybridized carbons (Fsp3) is 0.333. The number of nitrogen functional groups attached to an aromatic ring is 1. The Kier molecular flexibility index (Phi) is 5.96. The molecule has 6 nitrogen and oxygen atoms in total. The molecular weight excluding hydrogens is 342 g/mol. The highest BCUT2D eigenvalue weighted by Gasteiger charge is 2.22. The van der Waals surface area contributed by atoms with Crippen LogP contribution in [0.1, 0.15) is 41.6 Å². The molecular formula is C21H25N3O3. The van der Waals surface area contributed by atoms with E-state index in [-0.39, 0.29) is 17.7 Å². The molecule has 142 valence electrons. The number of methoxy groups -OCH3 is 1. The van der Waals surface area contributed by atoms with Crippen LogP contribution in [0.3, 0.4) is 0 Å². The number of benzene rings is 2. The number of ether oxygens (including phenoxy) is 1. The third-order valence-electron chi connectivity index (χ3n) is 4.90. The van der Waals surface area contributed by atoms with E-state index in [1.165, 1.54) is 0 Å². The second-order valence-electron chi connectivity index (χ2n) is 6.81. The fourth-order valence-corrected chi connectivity index (χ4v) is 3.31. The third kappa shape index (κ3) is 4.78. The van der Waals surface area contributed by atoms with E-state index in [1.807, 2.05) is 12.1 Å². The summed E-state index contributed by atoms with van der Waals surface area (Å²) in [5.74, 6) is 0.636. The van der Waals surface area contributed by atoms with Crippen molar-refractivity contribution in [2.45, 2.75) is 32.2 Å². The maximum atomic E-state index is 12.4. The van der Waals surface area contributed by atoms with Gasteiger partial charge in [0.25, 0.3) is 5.91 Å². The second-order valence-corrected chi connectivity index (χ2v) is 6.81. The molecule has 1 aliphatic carbocycles.